The van der Waals surface area contributed by atoms with E-state index in [1.54, 1.807) is 6.21 Å². The van der Waals surface area contributed by atoms with Gasteiger partial charge in [0, 0.05) is 18.1 Å². The molecule has 0 saturated heterocycles. The molecule has 0 aliphatic rings. The zero-order valence-corrected chi connectivity index (χ0v) is 21.6. The van der Waals surface area contributed by atoms with Crippen LogP contribution < -0.4 is 10.1 Å². The van der Waals surface area contributed by atoms with E-state index in [2.05, 4.69) is 10.5 Å². The molecule has 10 heteroatoms. The number of carbonyl (C=O) groups is 2. The first-order valence-electron chi connectivity index (χ1n) is 12.5. The van der Waals surface area contributed by atoms with E-state index in [1.807, 2.05) is 54.6 Å². The maximum atomic E-state index is 12.8. The van der Waals surface area contributed by atoms with Crippen LogP contribution in [0.2, 0.25) is 0 Å². The largest absolute Gasteiger partial charge is 0.493 e. The highest BCUT2D eigenvalue weighted by molar-refractivity contribution is 6.07. The average Bonchev–Trinajstić information content (AvgIpc) is 2.97. The van der Waals surface area contributed by atoms with Crippen LogP contribution in [0.25, 0.3) is 11.1 Å². The number of benzene rings is 4. The van der Waals surface area contributed by atoms with Crippen molar-refractivity contribution in [3.8, 4) is 16.9 Å². The lowest BCUT2D eigenvalue weighted by Crippen LogP contribution is -2.15. The molecule has 4 rings (SSSR count). The third-order valence-electron chi connectivity index (χ3n) is 5.89. The third-order valence-corrected chi connectivity index (χ3v) is 5.89. The van der Waals surface area contributed by atoms with Crippen molar-refractivity contribution >= 4 is 23.8 Å². The predicted octanol–water partition coefficient (Wildman–Crippen LogP) is 7.14. The molecule has 2 N–H and O–H groups in total. The summed E-state index contributed by atoms with van der Waals surface area (Å²) >= 11 is 0. The molecule has 0 heterocycles. The van der Waals surface area contributed by atoms with Crippen molar-refractivity contribution in [2.24, 2.45) is 5.16 Å². The van der Waals surface area contributed by atoms with E-state index in [1.165, 1.54) is 18.2 Å². The predicted molar refractivity (Wildman–Crippen MR) is 148 cm³/mol. The third kappa shape index (κ3) is 8.18. The Balaban J connectivity index is 1.26. The molecule has 0 fully saturated rings. The van der Waals surface area contributed by atoms with Crippen molar-refractivity contribution in [3.05, 3.63) is 119 Å². The van der Waals surface area contributed by atoms with Crippen LogP contribution in [-0.4, -0.2) is 36.4 Å². The lowest BCUT2D eigenvalue weighted by molar-refractivity contribution is -0.137. The number of rotatable bonds is 11. The summed E-state index contributed by atoms with van der Waals surface area (Å²) < 4.78 is 44.0. The molecule has 0 aliphatic heterocycles. The summed E-state index contributed by atoms with van der Waals surface area (Å²) in [6.45, 7) is 0.489. The van der Waals surface area contributed by atoms with Gasteiger partial charge in [-0.1, -0.05) is 59.8 Å². The number of carboxylic acids is 1. The Morgan fingerprint density at radius 3 is 2.20 bits per heavy atom. The van der Waals surface area contributed by atoms with Crippen LogP contribution in [0.3, 0.4) is 0 Å². The summed E-state index contributed by atoms with van der Waals surface area (Å²) in [7, 11) is 0. The lowest BCUT2D eigenvalue weighted by Gasteiger charge is -2.12. The van der Waals surface area contributed by atoms with E-state index >= 15 is 0 Å². The quantitative estimate of drug-likeness (QED) is 0.115. The topological polar surface area (TPSA) is 97.2 Å². The standard InChI is InChI=1S/C31H25F3N2O5/c32-31(33,34)25-13-11-24(12-14-25)29(37)36-28-19-26(15-16-27(28)30(38)39)40-17-4-18-41-35-20-21-7-9-23(10-8-21)22-5-2-1-3-6-22/h1-3,5-16,19-20H,4,17-18H2,(H,36,37)(H,38,39)/b35-20+. The van der Waals surface area contributed by atoms with Gasteiger partial charge in [-0.3, -0.25) is 4.79 Å². The average molecular weight is 563 g/mol. The number of ether oxygens (including phenoxy) is 1. The van der Waals surface area contributed by atoms with E-state index in [0.29, 0.717) is 12.2 Å². The summed E-state index contributed by atoms with van der Waals surface area (Å²) in [5.41, 5.74) is 1.88. The second-order valence-electron chi connectivity index (χ2n) is 8.80. The number of carboxylic acid groups (broad SMARTS) is 1. The summed E-state index contributed by atoms with van der Waals surface area (Å²) in [6, 6.07) is 25.5. The molecule has 0 aromatic heterocycles. The van der Waals surface area contributed by atoms with Crippen molar-refractivity contribution in [2.45, 2.75) is 12.6 Å². The Labute approximate surface area is 233 Å². The fourth-order valence-electron chi connectivity index (χ4n) is 3.76. The van der Waals surface area contributed by atoms with Gasteiger partial charge in [-0.25, -0.2) is 4.79 Å². The first kappa shape index (κ1) is 28.9. The van der Waals surface area contributed by atoms with Crippen LogP contribution in [0.5, 0.6) is 5.75 Å². The number of anilines is 1. The summed E-state index contributed by atoms with van der Waals surface area (Å²) in [5.74, 6) is -1.76. The van der Waals surface area contributed by atoms with Gasteiger partial charge in [0.1, 0.15) is 12.4 Å². The second-order valence-corrected chi connectivity index (χ2v) is 8.80. The van der Waals surface area contributed by atoms with E-state index in [4.69, 9.17) is 9.57 Å². The molecule has 7 nitrogen and oxygen atoms in total. The number of nitrogens with zero attached hydrogens (tertiary/aromatic N) is 1. The molecule has 1 amide bonds. The van der Waals surface area contributed by atoms with Crippen molar-refractivity contribution in [2.75, 3.05) is 18.5 Å². The van der Waals surface area contributed by atoms with Gasteiger partial charge in [0.05, 0.1) is 29.6 Å². The molecule has 210 valence electrons. The van der Waals surface area contributed by atoms with Crippen LogP contribution in [0, 0.1) is 0 Å². The minimum absolute atomic E-state index is 0.0565. The molecule has 0 atom stereocenters. The van der Waals surface area contributed by atoms with Crippen LogP contribution in [0.1, 0.15) is 38.3 Å². The molecule has 0 aliphatic carbocycles. The van der Waals surface area contributed by atoms with Gasteiger partial charge in [0.15, 0.2) is 0 Å². The zero-order valence-electron chi connectivity index (χ0n) is 21.6. The first-order valence-corrected chi connectivity index (χ1v) is 12.5. The molecule has 4 aromatic carbocycles. The SMILES string of the molecule is O=C(Nc1cc(OCCCO/N=C/c2ccc(-c3ccccc3)cc2)ccc1C(=O)O)c1ccc(C(F)(F)F)cc1. The Hall–Kier alpha value is -5.12. The minimum Gasteiger partial charge on any atom is -0.493 e. The molecule has 0 saturated carbocycles. The van der Waals surface area contributed by atoms with Gasteiger partial charge in [0.25, 0.3) is 5.91 Å². The van der Waals surface area contributed by atoms with Crippen LogP contribution in [0.4, 0.5) is 18.9 Å². The molecule has 0 radical (unpaired) electrons. The van der Waals surface area contributed by atoms with Crippen LogP contribution in [-0.2, 0) is 11.0 Å². The van der Waals surface area contributed by atoms with E-state index in [-0.39, 0.29) is 30.0 Å². The number of hydrogen-bond acceptors (Lipinski definition) is 5. The summed E-state index contributed by atoms with van der Waals surface area (Å²) in [4.78, 5) is 29.4. The fourth-order valence-corrected chi connectivity index (χ4v) is 3.76. The van der Waals surface area contributed by atoms with Gasteiger partial charge in [-0.2, -0.15) is 13.2 Å². The maximum Gasteiger partial charge on any atom is 0.416 e. The van der Waals surface area contributed by atoms with Crippen molar-refractivity contribution in [1.29, 1.82) is 0 Å². The normalized spacial score (nSPS) is 11.3. The van der Waals surface area contributed by atoms with E-state index in [9.17, 15) is 27.9 Å². The number of aromatic carboxylic acids is 1. The summed E-state index contributed by atoms with van der Waals surface area (Å²) in [6.07, 6.45) is -2.46. The highest BCUT2D eigenvalue weighted by Gasteiger charge is 2.30. The number of oxime groups is 1. The molecule has 4 aromatic rings. The van der Waals surface area contributed by atoms with Gasteiger partial charge in [-0.15, -0.1) is 0 Å². The zero-order chi connectivity index (χ0) is 29.2. The molecular weight excluding hydrogens is 537 g/mol. The number of nitrogens with one attached hydrogen (secondary N) is 1. The highest BCUT2D eigenvalue weighted by atomic mass is 19.4. The van der Waals surface area contributed by atoms with Gasteiger partial charge in [-0.05, 0) is 53.1 Å². The van der Waals surface area contributed by atoms with Gasteiger partial charge < -0.3 is 20.0 Å². The number of halogens is 3. The lowest BCUT2D eigenvalue weighted by atomic mass is 10.0. The number of amides is 1. The Kier molecular flexibility index (Phi) is 9.36. The molecule has 0 unspecified atom stereocenters. The van der Waals surface area contributed by atoms with Crippen molar-refractivity contribution in [3.63, 3.8) is 0 Å². The van der Waals surface area contributed by atoms with Gasteiger partial charge >= 0.3 is 12.1 Å². The smallest absolute Gasteiger partial charge is 0.416 e. The van der Waals surface area contributed by atoms with Crippen LogP contribution in [0.15, 0.2) is 102 Å². The Bertz CT molecular complexity index is 1500. The van der Waals surface area contributed by atoms with Crippen molar-refractivity contribution < 1.29 is 37.4 Å². The maximum absolute atomic E-state index is 12.8. The molecule has 41 heavy (non-hydrogen) atoms. The second kappa shape index (κ2) is 13.3. The highest BCUT2D eigenvalue weighted by Crippen LogP contribution is 2.29. The fraction of sp³-hybridized carbons (Fsp3) is 0.129. The molecule has 0 bridgehead atoms. The number of alkyl halides is 3. The first-order chi connectivity index (χ1) is 19.7. The monoisotopic (exact) mass is 562 g/mol. The van der Waals surface area contributed by atoms with E-state index in [0.717, 1.165) is 41.0 Å². The minimum atomic E-state index is -4.54. The summed E-state index contributed by atoms with van der Waals surface area (Å²) in [5, 5.41) is 15.9. The van der Waals surface area contributed by atoms with Crippen LogP contribution >= 0.6 is 0 Å². The van der Waals surface area contributed by atoms with Crippen molar-refractivity contribution in [1.82, 2.24) is 0 Å². The number of hydrogen-bond donors (Lipinski definition) is 2. The van der Waals surface area contributed by atoms with E-state index < -0.39 is 23.6 Å². The molecule has 0 spiro atoms. The Morgan fingerprint density at radius 1 is 0.854 bits per heavy atom. The Morgan fingerprint density at radius 2 is 1.54 bits per heavy atom. The van der Waals surface area contributed by atoms with Gasteiger partial charge in [0.2, 0.25) is 0 Å². The number of carbonyl (C=O) groups excluding carboxylic acids is 1. The molecular formula is C31H25F3N2O5.